The molecule has 0 aromatic heterocycles. The molecule has 2 rings (SSSR count). The van der Waals surface area contributed by atoms with Gasteiger partial charge < -0.3 is 19.8 Å². The predicted molar refractivity (Wildman–Crippen MR) is 66.2 cm³/mol. The van der Waals surface area contributed by atoms with E-state index in [9.17, 15) is 24.0 Å². The average molecular weight is 352 g/mol. The summed E-state index contributed by atoms with van der Waals surface area (Å²) in [6.45, 7) is 0. The smallest absolute Gasteiger partial charge is 0.545 e. The molecule has 0 aliphatic rings. The monoisotopic (exact) mass is 351 g/mol. The first-order chi connectivity index (χ1) is 9.49. The van der Waals surface area contributed by atoms with Crippen molar-refractivity contribution in [2.75, 3.05) is 0 Å². The number of rotatable bonds is 4. The standard InChI is InChI=1S/C14H10O5S.Cu/c15-13(16)9-1-5-11(6-2-9)20(19)12-7-3-10(4-8-12)14(17)18;/h1-8H,(H,15,16)(H,17,18);/q;+2/p-2. The molecule has 0 saturated carbocycles. The predicted octanol–water partition coefficient (Wildman–Crippen LogP) is -0.422. The van der Waals surface area contributed by atoms with Crippen LogP contribution >= 0.6 is 0 Å². The first-order valence-electron chi connectivity index (χ1n) is 5.53. The average Bonchev–Trinajstić information content (AvgIpc) is 2.46. The van der Waals surface area contributed by atoms with Gasteiger partial charge in [0.05, 0.1) is 22.7 Å². The molecule has 0 fully saturated rings. The minimum atomic E-state index is -1.52. The molecular formula is C14H8CuO5S. The zero-order valence-electron chi connectivity index (χ0n) is 10.4. The van der Waals surface area contributed by atoms with Gasteiger partial charge in [0.25, 0.3) is 0 Å². The maximum absolute atomic E-state index is 12.2. The second-order valence-corrected chi connectivity index (χ2v) is 5.37. The van der Waals surface area contributed by atoms with E-state index in [1.807, 2.05) is 0 Å². The summed E-state index contributed by atoms with van der Waals surface area (Å²) < 4.78 is 12.2. The van der Waals surface area contributed by atoms with Gasteiger partial charge in [-0.25, -0.2) is 4.21 Å². The van der Waals surface area contributed by atoms with Crippen molar-refractivity contribution >= 4 is 22.7 Å². The van der Waals surface area contributed by atoms with Crippen LogP contribution in [-0.4, -0.2) is 16.1 Å². The third-order valence-corrected chi connectivity index (χ3v) is 4.01. The molecular weight excluding hydrogens is 344 g/mol. The molecule has 1 radical (unpaired) electrons. The maximum Gasteiger partial charge on any atom is 2.00 e. The van der Waals surface area contributed by atoms with E-state index in [1.54, 1.807) is 0 Å². The first kappa shape index (κ1) is 17.1. The molecule has 0 aliphatic heterocycles. The van der Waals surface area contributed by atoms with Crippen LogP contribution in [0.5, 0.6) is 0 Å². The molecule has 111 valence electrons. The van der Waals surface area contributed by atoms with Gasteiger partial charge in [0.2, 0.25) is 0 Å². The van der Waals surface area contributed by atoms with Crippen molar-refractivity contribution in [2.24, 2.45) is 0 Å². The molecule has 2 aromatic carbocycles. The van der Waals surface area contributed by atoms with E-state index in [-0.39, 0.29) is 28.2 Å². The van der Waals surface area contributed by atoms with Crippen LogP contribution in [0.25, 0.3) is 0 Å². The molecule has 2 aromatic rings. The molecule has 0 saturated heterocycles. The van der Waals surface area contributed by atoms with Crippen LogP contribution in [0.1, 0.15) is 20.7 Å². The van der Waals surface area contributed by atoms with Crippen LogP contribution in [0, 0.1) is 0 Å². The topological polar surface area (TPSA) is 97.3 Å². The van der Waals surface area contributed by atoms with Crippen molar-refractivity contribution < 1.29 is 41.1 Å². The van der Waals surface area contributed by atoms with Gasteiger partial charge in [-0.3, -0.25) is 0 Å². The molecule has 0 unspecified atom stereocenters. The molecule has 5 nitrogen and oxygen atoms in total. The Morgan fingerprint density at radius 1 is 0.714 bits per heavy atom. The molecule has 0 amide bonds. The number of carboxylic acids is 2. The van der Waals surface area contributed by atoms with E-state index >= 15 is 0 Å². The summed E-state index contributed by atoms with van der Waals surface area (Å²) in [5, 5.41) is 21.2. The van der Waals surface area contributed by atoms with Gasteiger partial charge >= 0.3 is 17.1 Å². The summed E-state index contributed by atoms with van der Waals surface area (Å²) in [5.41, 5.74) is -0.00361. The summed E-state index contributed by atoms with van der Waals surface area (Å²) in [6.07, 6.45) is 0. The molecule has 21 heavy (non-hydrogen) atoms. The van der Waals surface area contributed by atoms with Gasteiger partial charge in [-0.2, -0.15) is 0 Å². The molecule has 7 heteroatoms. The van der Waals surface area contributed by atoms with Crippen LogP contribution in [0.2, 0.25) is 0 Å². The molecule has 0 aliphatic carbocycles. The minimum Gasteiger partial charge on any atom is -0.545 e. The number of hydrogen-bond acceptors (Lipinski definition) is 5. The Hall–Kier alpha value is -1.95. The Balaban J connectivity index is 0.00000220. The van der Waals surface area contributed by atoms with Gasteiger partial charge in [-0.1, -0.05) is 24.3 Å². The number of carboxylic acid groups (broad SMARTS) is 2. The van der Waals surface area contributed by atoms with Crippen LogP contribution in [-0.2, 0) is 27.9 Å². The quantitative estimate of drug-likeness (QED) is 0.697. The van der Waals surface area contributed by atoms with Gasteiger partial charge in [-0.05, 0) is 35.4 Å². The van der Waals surface area contributed by atoms with Crippen molar-refractivity contribution in [3.8, 4) is 0 Å². The Kier molecular flexibility index (Phi) is 5.84. The van der Waals surface area contributed by atoms with E-state index in [0.717, 1.165) is 0 Å². The Morgan fingerprint density at radius 3 is 1.24 bits per heavy atom. The fraction of sp³-hybridized carbons (Fsp3) is 0. The normalized spacial score (nSPS) is 9.95. The zero-order valence-corrected chi connectivity index (χ0v) is 12.1. The van der Waals surface area contributed by atoms with Crippen molar-refractivity contribution in [2.45, 2.75) is 9.79 Å². The maximum atomic E-state index is 12.2. The van der Waals surface area contributed by atoms with Crippen molar-refractivity contribution in [1.29, 1.82) is 0 Å². The zero-order chi connectivity index (χ0) is 14.7. The molecule has 0 N–H and O–H groups in total. The van der Waals surface area contributed by atoms with E-state index in [0.29, 0.717) is 9.79 Å². The summed E-state index contributed by atoms with van der Waals surface area (Å²) in [6, 6.07) is 10.9. The number of carbonyl (C=O) groups excluding carboxylic acids is 2. The molecule has 0 bridgehead atoms. The van der Waals surface area contributed by atoms with Gasteiger partial charge in [0, 0.05) is 9.79 Å². The van der Waals surface area contributed by atoms with Crippen LogP contribution in [0.4, 0.5) is 0 Å². The van der Waals surface area contributed by atoms with E-state index < -0.39 is 22.7 Å². The van der Waals surface area contributed by atoms with Crippen LogP contribution in [0.3, 0.4) is 0 Å². The fourth-order valence-corrected chi connectivity index (χ4v) is 2.60. The number of benzene rings is 2. The molecule has 0 heterocycles. The van der Waals surface area contributed by atoms with Crippen LogP contribution in [0.15, 0.2) is 58.3 Å². The summed E-state index contributed by atoms with van der Waals surface area (Å²) in [5.74, 6) is -2.61. The Bertz CT molecular complexity index is 620. The van der Waals surface area contributed by atoms with Gasteiger partial charge in [0.15, 0.2) is 0 Å². The van der Waals surface area contributed by atoms with Crippen LogP contribution < -0.4 is 10.2 Å². The number of carbonyl (C=O) groups is 2. The summed E-state index contributed by atoms with van der Waals surface area (Å²) in [7, 11) is -1.52. The number of aromatic carboxylic acids is 2. The SMILES string of the molecule is O=C([O-])c1ccc(S(=O)c2ccc(C(=O)[O-])cc2)cc1.[Cu+2]. The van der Waals surface area contributed by atoms with Gasteiger partial charge in [0.1, 0.15) is 0 Å². The molecule has 0 spiro atoms. The van der Waals surface area contributed by atoms with Crippen molar-refractivity contribution in [3.63, 3.8) is 0 Å². The fourth-order valence-electron chi connectivity index (χ4n) is 1.57. The second kappa shape index (κ2) is 7.17. The van der Waals surface area contributed by atoms with E-state index in [1.165, 1.54) is 48.5 Å². The largest absolute Gasteiger partial charge is 2.00 e. The first-order valence-corrected chi connectivity index (χ1v) is 6.68. The van der Waals surface area contributed by atoms with Crippen molar-refractivity contribution in [1.82, 2.24) is 0 Å². The summed E-state index contributed by atoms with van der Waals surface area (Å²) in [4.78, 5) is 22.0. The van der Waals surface area contributed by atoms with E-state index in [2.05, 4.69) is 0 Å². The third-order valence-electron chi connectivity index (χ3n) is 2.61. The number of hydrogen-bond donors (Lipinski definition) is 0. The molecule has 0 atom stereocenters. The Morgan fingerprint density at radius 2 is 1.00 bits per heavy atom. The van der Waals surface area contributed by atoms with E-state index in [4.69, 9.17) is 0 Å². The Labute approximate surface area is 133 Å². The second-order valence-electron chi connectivity index (χ2n) is 3.89. The summed E-state index contributed by atoms with van der Waals surface area (Å²) >= 11 is 0. The van der Waals surface area contributed by atoms with Crippen molar-refractivity contribution in [3.05, 3.63) is 59.7 Å². The minimum absolute atomic E-state index is 0. The third kappa shape index (κ3) is 4.01. The van der Waals surface area contributed by atoms with Gasteiger partial charge in [-0.15, -0.1) is 0 Å².